The predicted octanol–water partition coefficient (Wildman–Crippen LogP) is 1.14. The quantitative estimate of drug-likeness (QED) is 0.328. The fourth-order valence-corrected chi connectivity index (χ4v) is 1.40. The molecule has 10 heavy (non-hydrogen) atoms. The molecule has 2 N–H and O–H groups in total. The fraction of sp³-hybridized carbons (Fsp3) is 0.857. The van der Waals surface area contributed by atoms with Crippen LogP contribution in [-0.4, -0.2) is 22.1 Å². The van der Waals surface area contributed by atoms with Gasteiger partial charge in [0.15, 0.2) is 0 Å². The number of hydrogen-bond acceptors (Lipinski definition) is 3. The van der Waals surface area contributed by atoms with E-state index in [-0.39, 0.29) is 0 Å². The maximum absolute atomic E-state index is 9.56. The predicted molar refractivity (Wildman–Crippen MR) is 38.3 cm³/mol. The number of aliphatic hydroxyl groups is 1. The summed E-state index contributed by atoms with van der Waals surface area (Å²) in [6.45, 7) is 0. The number of rotatable bonds is 1. The van der Waals surface area contributed by atoms with Crippen LogP contribution in [0.1, 0.15) is 32.1 Å². The van der Waals surface area contributed by atoms with E-state index in [1.807, 2.05) is 0 Å². The third-order valence-electron chi connectivity index (χ3n) is 2.02. The summed E-state index contributed by atoms with van der Waals surface area (Å²) in [5.41, 5.74) is -0.812. The zero-order chi connectivity index (χ0) is 7.45. The minimum absolute atomic E-state index is 0.733. The Morgan fingerprint density at radius 1 is 1.20 bits per heavy atom. The van der Waals surface area contributed by atoms with Gasteiger partial charge in [-0.3, -0.25) is 0 Å². The highest BCUT2D eigenvalue weighted by Crippen LogP contribution is 2.25. The minimum atomic E-state index is -0.812. The van der Waals surface area contributed by atoms with Crippen molar-refractivity contribution in [2.75, 3.05) is 0 Å². The first kappa shape index (κ1) is 7.54. The molecule has 0 aromatic heterocycles. The average molecular weight is 143 g/mol. The molecular weight excluding hydrogens is 130 g/mol. The first-order valence-electron chi connectivity index (χ1n) is 3.68. The van der Waals surface area contributed by atoms with E-state index < -0.39 is 5.60 Å². The molecule has 0 aliphatic heterocycles. The molecule has 3 nitrogen and oxygen atoms in total. The van der Waals surface area contributed by atoms with Gasteiger partial charge in [0.25, 0.3) is 0 Å². The molecular formula is C7H13NO2. The molecule has 1 rings (SSSR count). The maximum Gasteiger partial charge on any atom is 0.103 e. The molecule has 3 heteroatoms. The van der Waals surface area contributed by atoms with Crippen molar-refractivity contribution in [3.63, 3.8) is 0 Å². The number of nitrogens with zero attached hydrogens (tertiary/aromatic N) is 1. The molecule has 0 amide bonds. The molecule has 0 aromatic carbocycles. The summed E-state index contributed by atoms with van der Waals surface area (Å²) < 4.78 is 0. The average Bonchev–Trinajstić information content (AvgIpc) is 1.89. The Balaban J connectivity index is 2.48. The van der Waals surface area contributed by atoms with Crippen molar-refractivity contribution in [1.29, 1.82) is 0 Å². The Morgan fingerprint density at radius 2 is 1.80 bits per heavy atom. The van der Waals surface area contributed by atoms with E-state index in [1.165, 1.54) is 12.6 Å². The van der Waals surface area contributed by atoms with E-state index >= 15 is 0 Å². The Bertz CT molecular complexity index is 128. The van der Waals surface area contributed by atoms with Crippen molar-refractivity contribution in [2.24, 2.45) is 5.16 Å². The van der Waals surface area contributed by atoms with Crippen LogP contribution in [0.15, 0.2) is 5.16 Å². The Hall–Kier alpha value is -0.570. The van der Waals surface area contributed by atoms with Gasteiger partial charge in [0.2, 0.25) is 0 Å². The Morgan fingerprint density at radius 3 is 2.30 bits per heavy atom. The van der Waals surface area contributed by atoms with Crippen molar-refractivity contribution in [3.8, 4) is 0 Å². The molecule has 1 aliphatic carbocycles. The molecule has 1 fully saturated rings. The van der Waals surface area contributed by atoms with E-state index in [4.69, 9.17) is 5.21 Å². The molecule has 0 unspecified atom stereocenters. The van der Waals surface area contributed by atoms with Gasteiger partial charge in [-0.25, -0.2) is 0 Å². The SMILES string of the molecule is ON=CC1(O)CCCCC1. The van der Waals surface area contributed by atoms with Gasteiger partial charge in [0, 0.05) is 0 Å². The van der Waals surface area contributed by atoms with Crippen LogP contribution >= 0.6 is 0 Å². The molecule has 1 aliphatic rings. The van der Waals surface area contributed by atoms with Gasteiger partial charge in [-0.05, 0) is 12.8 Å². The lowest BCUT2D eigenvalue weighted by atomic mass is 9.86. The van der Waals surface area contributed by atoms with Gasteiger partial charge < -0.3 is 10.3 Å². The van der Waals surface area contributed by atoms with Crippen LogP contribution in [0, 0.1) is 0 Å². The minimum Gasteiger partial charge on any atom is -0.411 e. The second-order valence-electron chi connectivity index (χ2n) is 2.91. The van der Waals surface area contributed by atoms with Crippen molar-refractivity contribution < 1.29 is 10.3 Å². The van der Waals surface area contributed by atoms with Gasteiger partial charge in [0.1, 0.15) is 5.60 Å². The summed E-state index contributed by atoms with van der Waals surface area (Å²) in [7, 11) is 0. The molecule has 58 valence electrons. The highest BCUT2D eigenvalue weighted by Gasteiger charge is 2.26. The van der Waals surface area contributed by atoms with Crippen LogP contribution in [-0.2, 0) is 0 Å². The van der Waals surface area contributed by atoms with Crippen LogP contribution in [0.2, 0.25) is 0 Å². The summed E-state index contributed by atoms with van der Waals surface area (Å²) in [6.07, 6.45) is 5.95. The zero-order valence-electron chi connectivity index (χ0n) is 5.95. The highest BCUT2D eigenvalue weighted by molar-refractivity contribution is 5.67. The zero-order valence-corrected chi connectivity index (χ0v) is 5.95. The van der Waals surface area contributed by atoms with E-state index in [2.05, 4.69) is 5.16 Å². The lowest BCUT2D eigenvalue weighted by Gasteiger charge is -2.26. The standard InChI is InChI=1S/C7H13NO2/c9-7(6-8-10)4-2-1-3-5-7/h6,9-10H,1-5H2. The number of oxime groups is 1. The van der Waals surface area contributed by atoms with Crippen molar-refractivity contribution in [1.82, 2.24) is 0 Å². The first-order valence-corrected chi connectivity index (χ1v) is 3.68. The molecule has 0 heterocycles. The first-order chi connectivity index (χ1) is 4.77. The van der Waals surface area contributed by atoms with Crippen molar-refractivity contribution in [3.05, 3.63) is 0 Å². The lowest BCUT2D eigenvalue weighted by Crippen LogP contribution is -2.32. The topological polar surface area (TPSA) is 52.8 Å². The van der Waals surface area contributed by atoms with Crippen LogP contribution in [0.4, 0.5) is 0 Å². The molecule has 0 spiro atoms. The molecule has 0 atom stereocenters. The summed E-state index contributed by atoms with van der Waals surface area (Å²) in [4.78, 5) is 0. The highest BCUT2D eigenvalue weighted by atomic mass is 16.4. The van der Waals surface area contributed by atoms with E-state index in [9.17, 15) is 5.11 Å². The van der Waals surface area contributed by atoms with Gasteiger partial charge in [-0.2, -0.15) is 0 Å². The second kappa shape index (κ2) is 3.01. The third-order valence-corrected chi connectivity index (χ3v) is 2.02. The van der Waals surface area contributed by atoms with Gasteiger partial charge in [-0.1, -0.05) is 24.4 Å². The van der Waals surface area contributed by atoms with E-state index in [1.54, 1.807) is 0 Å². The molecule has 0 saturated heterocycles. The molecule has 1 saturated carbocycles. The normalized spacial score (nSPS) is 25.3. The van der Waals surface area contributed by atoms with E-state index in [0.29, 0.717) is 0 Å². The van der Waals surface area contributed by atoms with Crippen LogP contribution in [0.5, 0.6) is 0 Å². The third kappa shape index (κ3) is 1.70. The van der Waals surface area contributed by atoms with Crippen LogP contribution in [0.3, 0.4) is 0 Å². The molecule has 0 bridgehead atoms. The summed E-state index contributed by atoms with van der Waals surface area (Å²) in [5, 5.41) is 20.6. The lowest BCUT2D eigenvalue weighted by molar-refractivity contribution is 0.0728. The van der Waals surface area contributed by atoms with Crippen molar-refractivity contribution >= 4 is 6.21 Å². The monoisotopic (exact) mass is 143 g/mol. The Kier molecular flexibility index (Phi) is 2.27. The molecule has 0 aromatic rings. The number of hydrogen-bond donors (Lipinski definition) is 2. The smallest absolute Gasteiger partial charge is 0.103 e. The van der Waals surface area contributed by atoms with Crippen LogP contribution < -0.4 is 0 Å². The summed E-state index contributed by atoms with van der Waals surface area (Å²) >= 11 is 0. The summed E-state index contributed by atoms with van der Waals surface area (Å²) in [5.74, 6) is 0. The van der Waals surface area contributed by atoms with Crippen molar-refractivity contribution in [2.45, 2.75) is 37.7 Å². The largest absolute Gasteiger partial charge is 0.411 e. The molecule has 0 radical (unpaired) electrons. The summed E-state index contributed by atoms with van der Waals surface area (Å²) in [6, 6.07) is 0. The van der Waals surface area contributed by atoms with Gasteiger partial charge in [-0.15, -0.1) is 0 Å². The fourth-order valence-electron chi connectivity index (χ4n) is 1.40. The second-order valence-corrected chi connectivity index (χ2v) is 2.91. The van der Waals surface area contributed by atoms with Gasteiger partial charge in [0.05, 0.1) is 6.21 Å². The maximum atomic E-state index is 9.56. The van der Waals surface area contributed by atoms with Crippen LogP contribution in [0.25, 0.3) is 0 Å². The Labute approximate surface area is 60.4 Å². The van der Waals surface area contributed by atoms with Gasteiger partial charge >= 0.3 is 0 Å². The van der Waals surface area contributed by atoms with E-state index in [0.717, 1.165) is 25.7 Å².